The van der Waals surface area contributed by atoms with Crippen molar-refractivity contribution >= 4 is 5.91 Å². The van der Waals surface area contributed by atoms with Crippen molar-refractivity contribution < 1.29 is 9.53 Å². The van der Waals surface area contributed by atoms with Crippen LogP contribution in [-0.2, 0) is 11.3 Å². The summed E-state index contributed by atoms with van der Waals surface area (Å²) < 4.78 is 5.27. The third kappa shape index (κ3) is 3.81. The van der Waals surface area contributed by atoms with Crippen LogP contribution < -0.4 is 0 Å². The quantitative estimate of drug-likeness (QED) is 0.824. The fourth-order valence-corrected chi connectivity index (χ4v) is 2.41. The van der Waals surface area contributed by atoms with Crippen molar-refractivity contribution in [3.63, 3.8) is 0 Å². The van der Waals surface area contributed by atoms with Crippen molar-refractivity contribution in [2.24, 2.45) is 0 Å². The molecular formula is C16H24N2O2. The van der Waals surface area contributed by atoms with Gasteiger partial charge in [-0.25, -0.2) is 0 Å². The van der Waals surface area contributed by atoms with Crippen molar-refractivity contribution in [3.05, 3.63) is 35.4 Å². The molecule has 1 aromatic rings. The van der Waals surface area contributed by atoms with Gasteiger partial charge in [0.05, 0.1) is 13.2 Å². The first-order valence-electron chi connectivity index (χ1n) is 7.43. The lowest BCUT2D eigenvalue weighted by Gasteiger charge is -2.27. The van der Waals surface area contributed by atoms with E-state index in [0.717, 1.165) is 25.2 Å². The topological polar surface area (TPSA) is 32.8 Å². The minimum atomic E-state index is 0.114. The zero-order valence-electron chi connectivity index (χ0n) is 12.5. The van der Waals surface area contributed by atoms with Gasteiger partial charge in [0.1, 0.15) is 0 Å². The second-order valence-electron chi connectivity index (χ2n) is 5.06. The molecule has 0 bridgehead atoms. The van der Waals surface area contributed by atoms with Crippen LogP contribution in [0.4, 0.5) is 0 Å². The van der Waals surface area contributed by atoms with Crippen molar-refractivity contribution in [2.45, 2.75) is 20.4 Å². The van der Waals surface area contributed by atoms with Gasteiger partial charge in [-0.05, 0) is 30.8 Å². The molecule has 0 atom stereocenters. The normalized spacial score (nSPS) is 15.7. The number of hydrogen-bond donors (Lipinski definition) is 0. The Morgan fingerprint density at radius 3 is 2.30 bits per heavy atom. The minimum absolute atomic E-state index is 0.114. The lowest BCUT2D eigenvalue weighted by Crippen LogP contribution is -2.40. The fraction of sp³-hybridized carbons (Fsp3) is 0.562. The third-order valence-electron chi connectivity index (χ3n) is 3.80. The molecule has 20 heavy (non-hydrogen) atoms. The number of nitrogens with zero attached hydrogens (tertiary/aromatic N) is 2. The summed E-state index contributed by atoms with van der Waals surface area (Å²) in [6.07, 6.45) is 0. The van der Waals surface area contributed by atoms with Crippen molar-refractivity contribution in [2.75, 3.05) is 39.4 Å². The molecule has 0 aliphatic carbocycles. The zero-order valence-corrected chi connectivity index (χ0v) is 12.5. The average Bonchev–Trinajstić information content (AvgIpc) is 2.53. The van der Waals surface area contributed by atoms with Crippen molar-refractivity contribution in [1.29, 1.82) is 0 Å². The van der Waals surface area contributed by atoms with Crippen LogP contribution in [0.2, 0.25) is 0 Å². The Labute approximate surface area is 121 Å². The molecule has 0 saturated carbocycles. The second kappa shape index (κ2) is 7.41. The molecule has 0 unspecified atom stereocenters. The molecule has 4 nitrogen and oxygen atoms in total. The smallest absolute Gasteiger partial charge is 0.254 e. The number of benzene rings is 1. The fourth-order valence-electron chi connectivity index (χ4n) is 2.41. The summed E-state index contributed by atoms with van der Waals surface area (Å²) in [4.78, 5) is 16.5. The van der Waals surface area contributed by atoms with Gasteiger partial charge in [-0.3, -0.25) is 9.69 Å². The lowest BCUT2D eigenvalue weighted by atomic mass is 10.1. The van der Waals surface area contributed by atoms with Crippen LogP contribution in [0.1, 0.15) is 29.8 Å². The van der Waals surface area contributed by atoms with Gasteiger partial charge in [0.2, 0.25) is 0 Å². The Morgan fingerprint density at radius 2 is 1.75 bits per heavy atom. The number of rotatable bonds is 5. The SMILES string of the molecule is CCN(CC)Cc1ccc(C(=O)N2CCOCC2)cc1. The van der Waals surface area contributed by atoms with Gasteiger partial charge in [-0.1, -0.05) is 26.0 Å². The van der Waals surface area contributed by atoms with E-state index in [9.17, 15) is 4.79 Å². The molecule has 1 saturated heterocycles. The molecule has 2 rings (SSSR count). The van der Waals surface area contributed by atoms with E-state index in [1.165, 1.54) is 5.56 Å². The highest BCUT2D eigenvalue weighted by Gasteiger charge is 2.18. The number of morpholine rings is 1. The monoisotopic (exact) mass is 276 g/mol. The van der Waals surface area contributed by atoms with E-state index in [2.05, 4.69) is 30.9 Å². The molecule has 110 valence electrons. The third-order valence-corrected chi connectivity index (χ3v) is 3.80. The molecule has 1 fully saturated rings. The Morgan fingerprint density at radius 1 is 1.15 bits per heavy atom. The van der Waals surface area contributed by atoms with Gasteiger partial charge >= 0.3 is 0 Å². The average molecular weight is 276 g/mol. The van der Waals surface area contributed by atoms with E-state index in [0.29, 0.717) is 26.3 Å². The first-order chi connectivity index (χ1) is 9.74. The summed E-state index contributed by atoms with van der Waals surface area (Å²) >= 11 is 0. The standard InChI is InChI=1S/C16H24N2O2/c1-3-17(4-2)13-14-5-7-15(8-6-14)16(19)18-9-11-20-12-10-18/h5-8H,3-4,9-13H2,1-2H3. The molecule has 1 aliphatic rings. The highest BCUT2D eigenvalue weighted by Crippen LogP contribution is 2.11. The molecule has 1 amide bonds. The van der Waals surface area contributed by atoms with Crippen LogP contribution >= 0.6 is 0 Å². The Bertz CT molecular complexity index is 421. The van der Waals surface area contributed by atoms with Gasteiger partial charge in [-0.15, -0.1) is 0 Å². The van der Waals surface area contributed by atoms with Crippen LogP contribution in [0.3, 0.4) is 0 Å². The first kappa shape index (κ1) is 15.0. The lowest BCUT2D eigenvalue weighted by molar-refractivity contribution is 0.0303. The van der Waals surface area contributed by atoms with E-state index in [1.54, 1.807) is 0 Å². The van der Waals surface area contributed by atoms with E-state index in [1.807, 2.05) is 17.0 Å². The zero-order chi connectivity index (χ0) is 14.4. The van der Waals surface area contributed by atoms with E-state index >= 15 is 0 Å². The first-order valence-corrected chi connectivity index (χ1v) is 7.43. The van der Waals surface area contributed by atoms with Crippen LogP contribution in [0.25, 0.3) is 0 Å². The number of amides is 1. The van der Waals surface area contributed by atoms with Gasteiger partial charge in [-0.2, -0.15) is 0 Å². The summed E-state index contributed by atoms with van der Waals surface area (Å²) in [7, 11) is 0. The van der Waals surface area contributed by atoms with Crippen molar-refractivity contribution in [3.8, 4) is 0 Å². The maximum absolute atomic E-state index is 12.3. The van der Waals surface area contributed by atoms with Crippen LogP contribution in [0, 0.1) is 0 Å². The highest BCUT2D eigenvalue weighted by molar-refractivity contribution is 5.94. The number of carbonyl (C=O) groups is 1. The second-order valence-corrected chi connectivity index (χ2v) is 5.06. The summed E-state index contributed by atoms with van der Waals surface area (Å²) in [5.41, 5.74) is 2.03. The van der Waals surface area contributed by atoms with E-state index in [-0.39, 0.29) is 5.91 Å². The molecule has 1 aliphatic heterocycles. The number of carbonyl (C=O) groups excluding carboxylic acids is 1. The summed E-state index contributed by atoms with van der Waals surface area (Å²) in [5.74, 6) is 0.114. The molecular weight excluding hydrogens is 252 g/mol. The van der Waals surface area contributed by atoms with E-state index < -0.39 is 0 Å². The van der Waals surface area contributed by atoms with Crippen LogP contribution in [-0.4, -0.2) is 55.1 Å². The largest absolute Gasteiger partial charge is 0.378 e. The molecule has 4 heteroatoms. The predicted octanol–water partition coefficient (Wildman–Crippen LogP) is 2.00. The van der Waals surface area contributed by atoms with Crippen LogP contribution in [0.5, 0.6) is 0 Å². The van der Waals surface area contributed by atoms with Crippen LogP contribution in [0.15, 0.2) is 24.3 Å². The maximum Gasteiger partial charge on any atom is 0.254 e. The molecule has 1 aromatic carbocycles. The molecule has 0 radical (unpaired) electrons. The Kier molecular flexibility index (Phi) is 5.56. The summed E-state index contributed by atoms with van der Waals surface area (Å²) in [5, 5.41) is 0. The molecule has 0 N–H and O–H groups in total. The predicted molar refractivity (Wildman–Crippen MR) is 79.8 cm³/mol. The van der Waals surface area contributed by atoms with Crippen molar-refractivity contribution in [1.82, 2.24) is 9.80 Å². The van der Waals surface area contributed by atoms with Gasteiger partial charge in [0.15, 0.2) is 0 Å². The number of hydrogen-bond acceptors (Lipinski definition) is 3. The minimum Gasteiger partial charge on any atom is -0.378 e. The van der Waals surface area contributed by atoms with Gasteiger partial charge in [0, 0.05) is 25.2 Å². The highest BCUT2D eigenvalue weighted by atomic mass is 16.5. The summed E-state index contributed by atoms with van der Waals surface area (Å²) in [6, 6.07) is 8.01. The molecule has 0 spiro atoms. The Hall–Kier alpha value is -1.39. The maximum atomic E-state index is 12.3. The number of ether oxygens (including phenoxy) is 1. The van der Waals surface area contributed by atoms with Gasteiger partial charge < -0.3 is 9.64 Å². The van der Waals surface area contributed by atoms with E-state index in [4.69, 9.17) is 4.74 Å². The molecule has 1 heterocycles. The van der Waals surface area contributed by atoms with Gasteiger partial charge in [0.25, 0.3) is 5.91 Å². The summed E-state index contributed by atoms with van der Waals surface area (Å²) in [6.45, 7) is 10.0. The molecule has 0 aromatic heterocycles. The Balaban J connectivity index is 1.98.